The molecule has 2 saturated heterocycles. The molecule has 3 unspecified atom stereocenters. The third kappa shape index (κ3) is 9.60. The van der Waals surface area contributed by atoms with Gasteiger partial charge in [-0.1, -0.05) is 45.7 Å². The van der Waals surface area contributed by atoms with Gasteiger partial charge in [-0.15, -0.1) is 11.3 Å². The molecule has 2 aromatic rings. The number of fused-ring (bicyclic) bond motifs is 2. The van der Waals surface area contributed by atoms with Crippen LogP contribution in [0.25, 0.3) is 5.76 Å². The molecule has 4 heterocycles. The Kier molecular flexibility index (Phi) is 12.6. The number of halogens is 3. The summed E-state index contributed by atoms with van der Waals surface area (Å²) in [6.45, 7) is 10.9. The minimum atomic E-state index is -2.82. The smallest absolute Gasteiger partial charge is 0.408 e. The van der Waals surface area contributed by atoms with Crippen molar-refractivity contribution >= 4 is 63.4 Å². The van der Waals surface area contributed by atoms with Crippen molar-refractivity contribution in [1.82, 2.24) is 25.4 Å². The van der Waals surface area contributed by atoms with E-state index in [4.69, 9.17) is 30.8 Å². The van der Waals surface area contributed by atoms with Crippen molar-refractivity contribution in [3.05, 3.63) is 39.9 Å². The second-order valence-electron chi connectivity index (χ2n) is 20.0. The van der Waals surface area contributed by atoms with E-state index < -0.39 is 71.0 Å². The van der Waals surface area contributed by atoms with Crippen LogP contribution in [-0.2, 0) is 23.9 Å². The molecule has 3 saturated carbocycles. The van der Waals surface area contributed by atoms with E-state index in [1.165, 1.54) is 16.2 Å². The molecule has 5 fully saturated rings. The lowest BCUT2D eigenvalue weighted by molar-refractivity contribution is -0.146. The molecule has 0 bridgehead atoms. The van der Waals surface area contributed by atoms with Crippen molar-refractivity contribution in [2.24, 2.45) is 23.2 Å². The summed E-state index contributed by atoms with van der Waals surface area (Å²) in [5.41, 5.74) is -0.596. The summed E-state index contributed by atoms with van der Waals surface area (Å²) >= 11 is 8.51. The van der Waals surface area contributed by atoms with Gasteiger partial charge in [0.2, 0.25) is 11.8 Å². The number of carbonyl (C=O) groups is 4. The number of amides is 3. The van der Waals surface area contributed by atoms with Crippen molar-refractivity contribution in [2.75, 3.05) is 37.4 Å². The number of carboxylic acid groups (broad SMARTS) is 1. The average molecular weight is 933 g/mol. The molecule has 10 atom stereocenters. The van der Waals surface area contributed by atoms with Crippen molar-refractivity contribution in [2.45, 2.75) is 140 Å². The van der Waals surface area contributed by atoms with Crippen molar-refractivity contribution in [3.8, 4) is 5.75 Å². The molecular formula is C45H60ClF2N7O8S. The van der Waals surface area contributed by atoms with E-state index in [1.807, 2.05) is 53.0 Å². The largest absolute Gasteiger partial charge is 0.490 e. The number of carbonyl (C=O) groups excluding carboxylic acids is 3. The number of aliphatic carboxylic acids is 1. The molecule has 8 rings (SSSR count). The lowest BCUT2D eigenvalue weighted by atomic mass is 9.85. The van der Waals surface area contributed by atoms with E-state index in [9.17, 15) is 33.1 Å². The number of anilines is 2. The highest BCUT2D eigenvalue weighted by molar-refractivity contribution is 7.13. The van der Waals surface area contributed by atoms with E-state index in [1.54, 1.807) is 24.1 Å². The maximum atomic E-state index is 14.8. The maximum Gasteiger partial charge on any atom is 0.408 e. The number of carboxylic acids is 1. The third-order valence-corrected chi connectivity index (χ3v) is 14.8. The summed E-state index contributed by atoms with van der Waals surface area (Å²) in [7, 11) is 1.64. The number of ether oxygens (including phenoxy) is 3. The quantitative estimate of drug-likeness (QED) is 0.122. The molecule has 1 aromatic heterocycles. The van der Waals surface area contributed by atoms with Gasteiger partial charge in [0.15, 0.2) is 5.13 Å². The van der Waals surface area contributed by atoms with Crippen LogP contribution in [0.4, 0.5) is 24.4 Å². The predicted molar refractivity (Wildman–Crippen MR) is 238 cm³/mol. The zero-order chi connectivity index (χ0) is 46.0. The van der Waals surface area contributed by atoms with Gasteiger partial charge in [0, 0.05) is 35.9 Å². The second-order valence-corrected chi connectivity index (χ2v) is 21.3. The first-order valence-corrected chi connectivity index (χ1v) is 23.6. The van der Waals surface area contributed by atoms with Gasteiger partial charge < -0.3 is 45.5 Å². The van der Waals surface area contributed by atoms with Crippen LogP contribution in [0.5, 0.6) is 5.75 Å². The number of nitrogens with one attached hydrogen (secondary N) is 4. The van der Waals surface area contributed by atoms with Crippen LogP contribution in [-0.4, -0.2) is 118 Å². The Balaban J connectivity index is 1.08. The summed E-state index contributed by atoms with van der Waals surface area (Å²) in [5, 5.41) is 25.4. The van der Waals surface area contributed by atoms with Gasteiger partial charge in [-0.25, -0.2) is 23.4 Å². The van der Waals surface area contributed by atoms with Gasteiger partial charge in [0.25, 0.3) is 5.92 Å². The van der Waals surface area contributed by atoms with E-state index in [0.29, 0.717) is 46.1 Å². The minimum absolute atomic E-state index is 0.00855. The SMILES string of the molecule is CCC1C[C@]1(NC(=O)[C@@H]1C[C@@H](OC2=CC(c3csc(NC(C)C)n3)Nc3c2ccc(OC[C@@H]2CC(F)(F)CN2C)c3Cl)CN1C(=O)[C@@H](NC(=O)OC1C[C@@H]2C[C@@H]2C1)C(C)(C)C)C(=O)O. The Labute approximate surface area is 381 Å². The zero-order valence-electron chi connectivity index (χ0n) is 37.3. The van der Waals surface area contributed by atoms with Crippen LogP contribution in [0.1, 0.15) is 104 Å². The van der Waals surface area contributed by atoms with Crippen molar-refractivity contribution in [3.63, 3.8) is 0 Å². The van der Waals surface area contributed by atoms with Crippen LogP contribution in [0, 0.1) is 23.2 Å². The van der Waals surface area contributed by atoms with Crippen LogP contribution < -0.4 is 26.0 Å². The number of alkyl halides is 2. The fourth-order valence-corrected chi connectivity index (χ4v) is 11.1. The molecule has 15 nitrogen and oxygen atoms in total. The van der Waals surface area contributed by atoms with Gasteiger partial charge in [0.05, 0.1) is 30.5 Å². The number of likely N-dealkylation sites (N-methyl/N-ethyl adjacent to an activating group) is 1. The number of likely N-dealkylation sites (tertiary alicyclic amines) is 2. The highest BCUT2D eigenvalue weighted by atomic mass is 35.5. The average Bonchev–Trinajstić information content (AvgIpc) is 3.79. The highest BCUT2D eigenvalue weighted by Crippen LogP contribution is 2.53. The van der Waals surface area contributed by atoms with E-state index in [2.05, 4.69) is 21.3 Å². The Bertz CT molecular complexity index is 2180. The van der Waals surface area contributed by atoms with E-state index >= 15 is 0 Å². The predicted octanol–water partition coefficient (Wildman–Crippen LogP) is 7.14. The molecule has 0 spiro atoms. The Hall–Kier alpha value is -4.42. The first kappa shape index (κ1) is 46.1. The Morgan fingerprint density at radius 2 is 1.83 bits per heavy atom. The van der Waals surface area contributed by atoms with Crippen molar-refractivity contribution < 1.29 is 47.3 Å². The van der Waals surface area contributed by atoms with Gasteiger partial charge in [0.1, 0.15) is 53.0 Å². The van der Waals surface area contributed by atoms with E-state index in [-0.39, 0.29) is 67.8 Å². The molecule has 3 aliphatic carbocycles. The van der Waals surface area contributed by atoms with Gasteiger partial charge in [-0.05, 0) is 88.0 Å². The van der Waals surface area contributed by atoms with Crippen LogP contribution in [0.3, 0.4) is 0 Å². The minimum Gasteiger partial charge on any atom is -0.490 e. The molecule has 3 aliphatic heterocycles. The van der Waals surface area contributed by atoms with Crippen LogP contribution >= 0.6 is 22.9 Å². The molecule has 0 radical (unpaired) electrons. The summed E-state index contributed by atoms with van der Waals surface area (Å²) in [5.74, 6) is -3.54. The lowest BCUT2D eigenvalue weighted by Gasteiger charge is -2.35. The van der Waals surface area contributed by atoms with Crippen molar-refractivity contribution in [1.29, 1.82) is 0 Å². The second kappa shape index (κ2) is 17.4. The van der Waals surface area contributed by atoms with Crippen LogP contribution in [0.15, 0.2) is 23.6 Å². The molecule has 64 heavy (non-hydrogen) atoms. The number of aromatic nitrogens is 1. The summed E-state index contributed by atoms with van der Waals surface area (Å²) in [6.07, 6.45) is 3.40. The standard InChI is InChI=1S/C45H60ClF2N7O8S/c1-8-25-16-45(25,40(58)59)53-38(56)32-14-28(18-55(32)39(57)37(43(4,5)6)52-42(60)63-27-12-23-11-24(23)13-27)62-34-15-30(31-20-64-41(51-31)49-22(2)3)50-36-29(34)9-10-33(35(36)46)61-19-26-17-44(47,48)21-54(26)7/h9-10,15,20,22-28,30,32,37,50H,8,11-14,16-19,21H2,1-7H3,(H,49,51)(H,52,60)(H,53,56)(H,58,59)/t23-,24+,25?,26-,27?,28+,30?,32-,37+,45+/m0/s1. The monoisotopic (exact) mass is 931 g/mol. The third-order valence-electron chi connectivity index (χ3n) is 13.6. The topological polar surface area (TPSA) is 184 Å². The summed E-state index contributed by atoms with van der Waals surface area (Å²) in [4.78, 5) is 62.8. The Morgan fingerprint density at radius 3 is 2.45 bits per heavy atom. The van der Waals surface area contributed by atoms with Gasteiger partial charge in [-0.3, -0.25) is 14.5 Å². The van der Waals surface area contributed by atoms with Gasteiger partial charge in [-0.2, -0.15) is 0 Å². The molecule has 5 N–H and O–H groups in total. The molecule has 6 aliphatic rings. The Morgan fingerprint density at radius 1 is 1.09 bits per heavy atom. The number of nitrogens with zero attached hydrogens (tertiary/aromatic N) is 3. The normalized spacial score (nSPS) is 30.7. The fraction of sp³-hybridized carbons (Fsp3) is 0.667. The molecule has 1 aromatic carbocycles. The first-order chi connectivity index (χ1) is 30.1. The highest BCUT2D eigenvalue weighted by Gasteiger charge is 2.62. The fourth-order valence-electron chi connectivity index (χ4n) is 9.91. The number of hydrogen-bond acceptors (Lipinski definition) is 12. The first-order valence-electron chi connectivity index (χ1n) is 22.4. The maximum absolute atomic E-state index is 14.8. The van der Waals surface area contributed by atoms with E-state index in [0.717, 1.165) is 19.3 Å². The number of hydrogen-bond donors (Lipinski definition) is 5. The number of rotatable bonds is 15. The van der Waals surface area contributed by atoms with Gasteiger partial charge >= 0.3 is 12.1 Å². The number of benzene rings is 1. The molecular weight excluding hydrogens is 872 g/mol. The molecule has 3 amide bonds. The summed E-state index contributed by atoms with van der Waals surface area (Å²) < 4.78 is 47.1. The summed E-state index contributed by atoms with van der Waals surface area (Å²) in [6, 6.07) is 0.218. The number of thiazole rings is 1. The molecule has 19 heteroatoms. The lowest BCUT2D eigenvalue weighted by Crippen LogP contribution is -2.59. The number of alkyl carbamates (subject to hydrolysis) is 1. The van der Waals surface area contributed by atoms with Crippen LogP contribution in [0.2, 0.25) is 5.02 Å². The zero-order valence-corrected chi connectivity index (χ0v) is 38.9. The molecule has 350 valence electrons.